The molecule has 0 heterocycles. The number of hydrogen-bond donors (Lipinski definition) is 1. The first kappa shape index (κ1) is 12.4. The van der Waals surface area contributed by atoms with E-state index in [2.05, 4.69) is 6.58 Å². The standard InChI is InChI=1S/C11H13NO3S/c1-3-4-11(13)12-16(14,15)10-7-5-9(2)6-8-10/h3,5-8H,1,4H2,2H3,(H,12,13). The topological polar surface area (TPSA) is 63.2 Å². The van der Waals surface area contributed by atoms with Crippen molar-refractivity contribution in [3.05, 3.63) is 42.5 Å². The van der Waals surface area contributed by atoms with Crippen LogP contribution in [0.1, 0.15) is 12.0 Å². The molecule has 1 amide bonds. The van der Waals surface area contributed by atoms with Crippen LogP contribution in [-0.4, -0.2) is 14.3 Å². The van der Waals surface area contributed by atoms with Crippen molar-refractivity contribution in [2.24, 2.45) is 0 Å². The Balaban J connectivity index is 2.90. The molecule has 0 aliphatic heterocycles. The summed E-state index contributed by atoms with van der Waals surface area (Å²) in [5, 5.41) is 0. The summed E-state index contributed by atoms with van der Waals surface area (Å²) in [5.74, 6) is -0.587. The first-order valence-electron chi connectivity index (χ1n) is 4.69. The Morgan fingerprint density at radius 1 is 1.38 bits per heavy atom. The van der Waals surface area contributed by atoms with E-state index in [9.17, 15) is 13.2 Å². The molecular formula is C11H13NO3S. The summed E-state index contributed by atoms with van der Waals surface area (Å²) in [4.78, 5) is 11.2. The first-order valence-corrected chi connectivity index (χ1v) is 6.17. The van der Waals surface area contributed by atoms with E-state index in [1.54, 1.807) is 12.1 Å². The smallest absolute Gasteiger partial charge is 0.264 e. The van der Waals surface area contributed by atoms with E-state index in [1.807, 2.05) is 11.6 Å². The third kappa shape index (κ3) is 3.20. The lowest BCUT2D eigenvalue weighted by Gasteiger charge is -2.05. The normalized spacial score (nSPS) is 10.8. The van der Waals surface area contributed by atoms with Crippen LogP contribution in [0.3, 0.4) is 0 Å². The van der Waals surface area contributed by atoms with Gasteiger partial charge < -0.3 is 0 Å². The Hall–Kier alpha value is -1.62. The zero-order valence-corrected chi connectivity index (χ0v) is 9.75. The summed E-state index contributed by atoms with van der Waals surface area (Å²) in [6.07, 6.45) is 1.32. The lowest BCUT2D eigenvalue weighted by Crippen LogP contribution is -2.29. The van der Waals surface area contributed by atoms with Crippen LogP contribution in [-0.2, 0) is 14.8 Å². The van der Waals surface area contributed by atoms with Gasteiger partial charge in [0, 0.05) is 6.42 Å². The molecule has 4 nitrogen and oxygen atoms in total. The van der Waals surface area contributed by atoms with E-state index in [0.717, 1.165) is 5.56 Å². The maximum Gasteiger partial charge on any atom is 0.264 e. The fraction of sp³-hybridized carbons (Fsp3) is 0.182. The second-order valence-corrected chi connectivity index (χ2v) is 5.02. The molecule has 0 aliphatic rings. The van der Waals surface area contributed by atoms with Gasteiger partial charge in [-0.15, -0.1) is 6.58 Å². The molecule has 0 aromatic heterocycles. The molecule has 86 valence electrons. The van der Waals surface area contributed by atoms with Gasteiger partial charge in [-0.2, -0.15) is 0 Å². The zero-order chi connectivity index (χ0) is 12.2. The van der Waals surface area contributed by atoms with Crippen molar-refractivity contribution in [2.45, 2.75) is 18.2 Å². The van der Waals surface area contributed by atoms with Crippen LogP contribution in [0.15, 0.2) is 41.8 Å². The third-order valence-electron chi connectivity index (χ3n) is 1.91. The number of nitrogens with one attached hydrogen (secondary N) is 1. The van der Waals surface area contributed by atoms with Crippen molar-refractivity contribution in [3.63, 3.8) is 0 Å². The number of aryl methyl sites for hydroxylation is 1. The summed E-state index contributed by atoms with van der Waals surface area (Å²) in [7, 11) is -3.75. The van der Waals surface area contributed by atoms with Gasteiger partial charge in [-0.05, 0) is 19.1 Å². The molecule has 0 saturated heterocycles. The van der Waals surface area contributed by atoms with E-state index in [-0.39, 0.29) is 11.3 Å². The number of carbonyl (C=O) groups is 1. The molecule has 0 bridgehead atoms. The van der Waals surface area contributed by atoms with Crippen LogP contribution in [0.4, 0.5) is 0 Å². The number of benzene rings is 1. The van der Waals surface area contributed by atoms with Crippen molar-refractivity contribution < 1.29 is 13.2 Å². The van der Waals surface area contributed by atoms with Crippen molar-refractivity contribution >= 4 is 15.9 Å². The molecule has 1 aromatic rings. The predicted octanol–water partition coefficient (Wildman–Crippen LogP) is 1.38. The number of amides is 1. The lowest BCUT2D eigenvalue weighted by atomic mass is 10.2. The van der Waals surface area contributed by atoms with Crippen LogP contribution < -0.4 is 4.72 Å². The summed E-state index contributed by atoms with van der Waals surface area (Å²) in [6, 6.07) is 6.26. The predicted molar refractivity (Wildman–Crippen MR) is 61.3 cm³/mol. The van der Waals surface area contributed by atoms with Gasteiger partial charge in [-0.3, -0.25) is 4.79 Å². The minimum absolute atomic E-state index is 0.0227. The highest BCUT2D eigenvalue weighted by atomic mass is 32.2. The van der Waals surface area contributed by atoms with E-state index >= 15 is 0 Å². The Kier molecular flexibility index (Phi) is 3.84. The molecule has 1 aromatic carbocycles. The largest absolute Gasteiger partial charge is 0.274 e. The zero-order valence-electron chi connectivity index (χ0n) is 8.93. The van der Waals surface area contributed by atoms with E-state index in [0.29, 0.717) is 0 Å². The van der Waals surface area contributed by atoms with Gasteiger partial charge in [-0.25, -0.2) is 13.1 Å². The molecule has 0 unspecified atom stereocenters. The van der Waals surface area contributed by atoms with Gasteiger partial charge in [-0.1, -0.05) is 23.8 Å². The molecule has 0 radical (unpaired) electrons. The van der Waals surface area contributed by atoms with Crippen LogP contribution >= 0.6 is 0 Å². The van der Waals surface area contributed by atoms with Gasteiger partial charge >= 0.3 is 0 Å². The number of hydrogen-bond acceptors (Lipinski definition) is 3. The number of sulfonamides is 1. The highest BCUT2D eigenvalue weighted by Crippen LogP contribution is 2.09. The van der Waals surface area contributed by atoms with Crippen LogP contribution in [0.25, 0.3) is 0 Å². The minimum Gasteiger partial charge on any atom is -0.274 e. The molecule has 0 fully saturated rings. The van der Waals surface area contributed by atoms with Gasteiger partial charge in [0.05, 0.1) is 4.90 Å². The SMILES string of the molecule is C=CCC(=O)NS(=O)(=O)c1ccc(C)cc1. The quantitative estimate of drug-likeness (QED) is 0.807. The van der Waals surface area contributed by atoms with Crippen molar-refractivity contribution in [1.29, 1.82) is 0 Å². The van der Waals surface area contributed by atoms with Crippen molar-refractivity contribution in [3.8, 4) is 0 Å². The lowest BCUT2D eigenvalue weighted by molar-refractivity contribution is -0.118. The maximum atomic E-state index is 11.7. The van der Waals surface area contributed by atoms with Gasteiger partial charge in [0.15, 0.2) is 0 Å². The fourth-order valence-corrected chi connectivity index (χ4v) is 2.09. The first-order chi connectivity index (χ1) is 7.45. The van der Waals surface area contributed by atoms with Crippen molar-refractivity contribution in [2.75, 3.05) is 0 Å². The molecule has 1 rings (SSSR count). The summed E-state index contributed by atoms with van der Waals surface area (Å²) in [5.41, 5.74) is 0.955. The second-order valence-electron chi connectivity index (χ2n) is 3.33. The minimum atomic E-state index is -3.75. The summed E-state index contributed by atoms with van der Waals surface area (Å²) >= 11 is 0. The van der Waals surface area contributed by atoms with Crippen LogP contribution in [0.5, 0.6) is 0 Å². The highest BCUT2D eigenvalue weighted by Gasteiger charge is 2.15. The van der Waals surface area contributed by atoms with Crippen LogP contribution in [0, 0.1) is 6.92 Å². The Bertz CT molecular complexity index is 488. The molecule has 16 heavy (non-hydrogen) atoms. The highest BCUT2D eigenvalue weighted by molar-refractivity contribution is 7.90. The fourth-order valence-electron chi connectivity index (χ4n) is 1.10. The number of carbonyl (C=O) groups excluding carboxylic acids is 1. The maximum absolute atomic E-state index is 11.7. The Morgan fingerprint density at radius 3 is 2.44 bits per heavy atom. The molecule has 0 spiro atoms. The third-order valence-corrected chi connectivity index (χ3v) is 3.30. The molecule has 5 heteroatoms. The van der Waals surface area contributed by atoms with Gasteiger partial charge in [0.25, 0.3) is 10.0 Å². The number of rotatable bonds is 4. The van der Waals surface area contributed by atoms with Crippen molar-refractivity contribution in [1.82, 2.24) is 4.72 Å². The molecule has 1 N–H and O–H groups in total. The molecular weight excluding hydrogens is 226 g/mol. The molecule has 0 aliphatic carbocycles. The summed E-state index contributed by atoms with van der Waals surface area (Å²) < 4.78 is 25.3. The molecule has 0 atom stereocenters. The molecule has 0 saturated carbocycles. The monoisotopic (exact) mass is 239 g/mol. The van der Waals surface area contributed by atoms with E-state index in [1.165, 1.54) is 18.2 Å². The average molecular weight is 239 g/mol. The van der Waals surface area contributed by atoms with Gasteiger partial charge in [0.2, 0.25) is 5.91 Å². The second kappa shape index (κ2) is 4.94. The Labute approximate surface area is 95.0 Å². The Morgan fingerprint density at radius 2 is 1.94 bits per heavy atom. The van der Waals surface area contributed by atoms with E-state index in [4.69, 9.17) is 0 Å². The van der Waals surface area contributed by atoms with Gasteiger partial charge in [0.1, 0.15) is 0 Å². The average Bonchev–Trinajstić information content (AvgIpc) is 2.17. The summed E-state index contributed by atoms with van der Waals surface area (Å²) in [6.45, 7) is 5.21. The van der Waals surface area contributed by atoms with Crippen LogP contribution in [0.2, 0.25) is 0 Å². The van der Waals surface area contributed by atoms with E-state index < -0.39 is 15.9 Å².